The van der Waals surface area contributed by atoms with Crippen LogP contribution in [0.1, 0.15) is 35.9 Å². The number of tetrazole rings is 1. The Labute approximate surface area is 185 Å². The van der Waals surface area contributed by atoms with E-state index in [1.165, 1.54) is 11.1 Å². The molecule has 2 aromatic heterocycles. The van der Waals surface area contributed by atoms with E-state index in [2.05, 4.69) is 99.0 Å². The van der Waals surface area contributed by atoms with Gasteiger partial charge in [0, 0.05) is 10.9 Å². The molecule has 0 saturated heterocycles. The van der Waals surface area contributed by atoms with Crippen molar-refractivity contribution in [3.8, 4) is 0 Å². The first-order chi connectivity index (χ1) is 15.8. The van der Waals surface area contributed by atoms with E-state index in [0.717, 1.165) is 34.1 Å². The Kier molecular flexibility index (Phi) is 5.41. The topological polar surface area (TPSA) is 72.3 Å². The standard InChI is InChI=1S/C26H22N6/c1-2-23(20-8-4-3-5-9-20)26(32-24-11-7-6-10-22(24)18-27-32)21-15-12-19(13-16-21)14-17-25-28-30-31-29-25/h3-18H,2H2,1H3,(H,28,29,30,31)/b17-14+,26-23-. The summed E-state index contributed by atoms with van der Waals surface area (Å²) in [5.41, 5.74) is 6.79. The van der Waals surface area contributed by atoms with Crippen LogP contribution in [0.15, 0.2) is 85.1 Å². The van der Waals surface area contributed by atoms with Gasteiger partial charge in [-0.15, -0.1) is 10.2 Å². The van der Waals surface area contributed by atoms with Gasteiger partial charge in [0.25, 0.3) is 0 Å². The molecule has 0 bridgehead atoms. The van der Waals surface area contributed by atoms with Crippen molar-refractivity contribution in [1.29, 1.82) is 0 Å². The van der Waals surface area contributed by atoms with Gasteiger partial charge >= 0.3 is 0 Å². The molecule has 5 rings (SSSR count). The Morgan fingerprint density at radius 2 is 1.66 bits per heavy atom. The van der Waals surface area contributed by atoms with E-state index in [-0.39, 0.29) is 0 Å². The van der Waals surface area contributed by atoms with Crippen LogP contribution >= 0.6 is 0 Å². The van der Waals surface area contributed by atoms with Gasteiger partial charge in [-0.1, -0.05) is 85.8 Å². The summed E-state index contributed by atoms with van der Waals surface area (Å²) in [6.45, 7) is 2.19. The number of H-pyrrole nitrogens is 1. The minimum absolute atomic E-state index is 0.551. The van der Waals surface area contributed by atoms with E-state index in [1.807, 2.05) is 30.5 Å². The van der Waals surface area contributed by atoms with Gasteiger partial charge in [0.2, 0.25) is 0 Å². The zero-order valence-electron chi connectivity index (χ0n) is 17.7. The second kappa shape index (κ2) is 8.81. The summed E-state index contributed by atoms with van der Waals surface area (Å²) in [7, 11) is 0. The molecule has 0 atom stereocenters. The molecule has 156 valence electrons. The van der Waals surface area contributed by atoms with Crippen LogP contribution in [0.3, 0.4) is 0 Å². The molecule has 2 heterocycles. The zero-order chi connectivity index (χ0) is 21.8. The summed E-state index contributed by atoms with van der Waals surface area (Å²) in [5.74, 6) is 0.551. The third-order valence-corrected chi connectivity index (χ3v) is 5.42. The molecule has 6 heteroatoms. The summed E-state index contributed by atoms with van der Waals surface area (Å²) in [5, 5.41) is 19.8. The number of fused-ring (bicyclic) bond motifs is 1. The first-order valence-electron chi connectivity index (χ1n) is 10.6. The number of aromatic nitrogens is 6. The lowest BCUT2D eigenvalue weighted by atomic mass is 9.96. The third kappa shape index (κ3) is 3.86. The maximum atomic E-state index is 4.78. The average molecular weight is 419 g/mol. The minimum Gasteiger partial charge on any atom is -0.232 e. The first kappa shape index (κ1) is 19.6. The quantitative estimate of drug-likeness (QED) is 0.367. The minimum atomic E-state index is 0.551. The highest BCUT2D eigenvalue weighted by atomic mass is 15.5. The van der Waals surface area contributed by atoms with E-state index in [0.29, 0.717) is 5.82 Å². The van der Waals surface area contributed by atoms with Crippen molar-refractivity contribution >= 4 is 34.3 Å². The highest BCUT2D eigenvalue weighted by Crippen LogP contribution is 2.32. The maximum absolute atomic E-state index is 4.78. The predicted molar refractivity (Wildman–Crippen MR) is 128 cm³/mol. The van der Waals surface area contributed by atoms with Crippen LogP contribution in [0.2, 0.25) is 0 Å². The van der Waals surface area contributed by atoms with E-state index in [9.17, 15) is 0 Å². The summed E-state index contributed by atoms with van der Waals surface area (Å²) in [6.07, 6.45) is 6.61. The number of hydrogen-bond acceptors (Lipinski definition) is 4. The number of allylic oxidation sites excluding steroid dienone is 1. The Morgan fingerprint density at radius 3 is 2.41 bits per heavy atom. The van der Waals surface area contributed by atoms with Gasteiger partial charge in [-0.3, -0.25) is 0 Å². The largest absolute Gasteiger partial charge is 0.232 e. The number of benzene rings is 3. The fraction of sp³-hybridized carbons (Fsp3) is 0.0769. The highest BCUT2D eigenvalue weighted by Gasteiger charge is 2.15. The van der Waals surface area contributed by atoms with Crippen molar-refractivity contribution in [1.82, 2.24) is 30.4 Å². The molecule has 0 fully saturated rings. The van der Waals surface area contributed by atoms with Gasteiger partial charge in [0.05, 0.1) is 17.4 Å². The number of para-hydroxylation sites is 1. The van der Waals surface area contributed by atoms with Crippen LogP contribution in [0.5, 0.6) is 0 Å². The van der Waals surface area contributed by atoms with Gasteiger partial charge in [0.15, 0.2) is 5.82 Å². The zero-order valence-corrected chi connectivity index (χ0v) is 17.7. The third-order valence-electron chi connectivity index (χ3n) is 5.42. The van der Waals surface area contributed by atoms with Crippen LogP contribution in [0, 0.1) is 0 Å². The normalized spacial score (nSPS) is 12.4. The van der Waals surface area contributed by atoms with Crippen molar-refractivity contribution in [3.63, 3.8) is 0 Å². The SMILES string of the molecule is CC/C(=C(\c1ccc(/C=C/c2nn[nH]n2)cc1)n1ncc2ccccc21)c1ccccc1. The second-order valence-corrected chi connectivity index (χ2v) is 7.39. The van der Waals surface area contributed by atoms with Crippen LogP contribution < -0.4 is 0 Å². The van der Waals surface area contributed by atoms with Gasteiger partial charge < -0.3 is 0 Å². The van der Waals surface area contributed by atoms with Crippen molar-refractivity contribution in [2.45, 2.75) is 13.3 Å². The number of nitrogens with zero attached hydrogens (tertiary/aromatic N) is 5. The number of nitrogens with one attached hydrogen (secondary N) is 1. The lowest BCUT2D eigenvalue weighted by Gasteiger charge is -2.17. The molecule has 0 saturated carbocycles. The van der Waals surface area contributed by atoms with Crippen molar-refractivity contribution < 1.29 is 0 Å². The molecule has 1 N–H and O–H groups in total. The van der Waals surface area contributed by atoms with Crippen molar-refractivity contribution in [3.05, 3.63) is 108 Å². The van der Waals surface area contributed by atoms with Crippen molar-refractivity contribution in [2.24, 2.45) is 0 Å². The van der Waals surface area contributed by atoms with Crippen LogP contribution in [-0.2, 0) is 0 Å². The Hall–Kier alpha value is -4.32. The fourth-order valence-corrected chi connectivity index (χ4v) is 3.88. The summed E-state index contributed by atoms with van der Waals surface area (Å²) in [6, 6.07) is 27.3. The molecule has 0 radical (unpaired) electrons. The van der Waals surface area contributed by atoms with Gasteiger partial charge in [-0.05, 0) is 40.5 Å². The van der Waals surface area contributed by atoms with Gasteiger partial charge in [-0.2, -0.15) is 10.3 Å². The van der Waals surface area contributed by atoms with Crippen molar-refractivity contribution in [2.75, 3.05) is 0 Å². The molecule has 0 spiro atoms. The predicted octanol–water partition coefficient (Wildman–Crippen LogP) is 5.55. The molecule has 6 nitrogen and oxygen atoms in total. The molecule has 0 amide bonds. The van der Waals surface area contributed by atoms with Gasteiger partial charge in [0.1, 0.15) is 0 Å². The first-order valence-corrected chi connectivity index (χ1v) is 10.6. The molecule has 0 aliphatic heterocycles. The Morgan fingerprint density at radius 1 is 0.875 bits per heavy atom. The summed E-state index contributed by atoms with van der Waals surface area (Å²) in [4.78, 5) is 0. The van der Waals surface area contributed by atoms with Crippen LogP contribution in [0.25, 0.3) is 34.3 Å². The summed E-state index contributed by atoms with van der Waals surface area (Å²) >= 11 is 0. The van der Waals surface area contributed by atoms with Crippen LogP contribution in [0.4, 0.5) is 0 Å². The van der Waals surface area contributed by atoms with Crippen LogP contribution in [-0.4, -0.2) is 30.4 Å². The molecule has 3 aromatic carbocycles. The lowest BCUT2D eigenvalue weighted by Crippen LogP contribution is -2.05. The van der Waals surface area contributed by atoms with E-state index in [4.69, 9.17) is 5.10 Å². The molecule has 0 aliphatic carbocycles. The molecule has 32 heavy (non-hydrogen) atoms. The lowest BCUT2D eigenvalue weighted by molar-refractivity contribution is 0.881. The molecular formula is C26H22N6. The molecule has 0 aliphatic rings. The van der Waals surface area contributed by atoms with E-state index in [1.54, 1.807) is 0 Å². The smallest absolute Gasteiger partial charge is 0.197 e. The Bertz CT molecular complexity index is 1380. The molecule has 5 aromatic rings. The fourth-order valence-electron chi connectivity index (χ4n) is 3.88. The Balaban J connectivity index is 1.64. The average Bonchev–Trinajstić information content (AvgIpc) is 3.52. The second-order valence-electron chi connectivity index (χ2n) is 7.39. The number of aromatic amines is 1. The van der Waals surface area contributed by atoms with E-state index < -0.39 is 0 Å². The number of hydrogen-bond donors (Lipinski definition) is 1. The van der Waals surface area contributed by atoms with Gasteiger partial charge in [-0.25, -0.2) is 4.68 Å². The summed E-state index contributed by atoms with van der Waals surface area (Å²) < 4.78 is 2.06. The number of rotatable bonds is 6. The molecular weight excluding hydrogens is 396 g/mol. The monoisotopic (exact) mass is 418 g/mol. The highest BCUT2D eigenvalue weighted by molar-refractivity contribution is 5.95. The molecule has 0 unspecified atom stereocenters. The van der Waals surface area contributed by atoms with E-state index >= 15 is 0 Å². The maximum Gasteiger partial charge on any atom is 0.197 e.